The summed E-state index contributed by atoms with van der Waals surface area (Å²) in [7, 11) is 20.3. The summed E-state index contributed by atoms with van der Waals surface area (Å²) in [6.45, 7) is 0. The van der Waals surface area contributed by atoms with Crippen LogP contribution in [0.1, 0.15) is 34.1 Å². The number of ether oxygens (including phenoxy) is 2. The fourth-order valence-corrected chi connectivity index (χ4v) is 8.30. The summed E-state index contributed by atoms with van der Waals surface area (Å²) in [5, 5.41) is 0. The van der Waals surface area contributed by atoms with E-state index in [2.05, 4.69) is 209 Å². The average molecular weight is 743 g/mol. The summed E-state index contributed by atoms with van der Waals surface area (Å²) in [4.78, 5) is 4.31. The Bertz CT molecular complexity index is 2200. The number of methoxy groups -OCH3 is 2. The van der Waals surface area contributed by atoms with Crippen molar-refractivity contribution in [1.29, 1.82) is 0 Å². The molecule has 2 unspecified atom stereocenters. The molecule has 0 aromatic heterocycles. The average Bonchev–Trinajstić information content (AvgIpc) is 3.21. The van der Waals surface area contributed by atoms with Gasteiger partial charge in [-0.05, 0) is 105 Å². The van der Waals surface area contributed by atoms with Gasteiger partial charge in [0.15, 0.2) is 11.4 Å². The number of anilines is 2. The summed E-state index contributed by atoms with van der Waals surface area (Å²) < 4.78 is 16.8. The maximum Gasteiger partial charge on any atom is 0.199 e. The molecule has 2 atom stereocenters. The topological polar surface area (TPSA) is 31.0 Å². The first-order valence-corrected chi connectivity index (χ1v) is 19.2. The SMILES string of the molecule is COc1cccc2c1-c1c(OC)cccc1C(C(=C1C=CC(=[N+](C)C)C=C1)c1ccc(N(C)C)cc1)C2C(=C1C=CC(=[N+](C)C)C=C1)c1ccc(N(C)C)cc1. The van der Waals surface area contributed by atoms with E-state index in [9.17, 15) is 0 Å². The second kappa shape index (κ2) is 15.9. The summed E-state index contributed by atoms with van der Waals surface area (Å²) >= 11 is 0. The molecule has 3 aliphatic carbocycles. The van der Waals surface area contributed by atoms with Gasteiger partial charge in [0.1, 0.15) is 39.7 Å². The maximum absolute atomic E-state index is 6.24. The fourth-order valence-electron chi connectivity index (χ4n) is 8.30. The fraction of sp³-hybridized carbons (Fsp3) is 0.240. The van der Waals surface area contributed by atoms with E-state index in [1.165, 1.54) is 44.5 Å². The molecule has 0 aliphatic heterocycles. The van der Waals surface area contributed by atoms with E-state index >= 15 is 0 Å². The van der Waals surface area contributed by atoms with Crippen LogP contribution in [0.4, 0.5) is 11.4 Å². The number of rotatable bonds is 8. The van der Waals surface area contributed by atoms with Crippen LogP contribution in [-0.2, 0) is 0 Å². The van der Waals surface area contributed by atoms with Gasteiger partial charge in [-0.25, -0.2) is 9.15 Å². The maximum atomic E-state index is 6.24. The molecule has 0 saturated carbocycles. The molecule has 0 saturated heterocycles. The third-order valence-corrected chi connectivity index (χ3v) is 11.2. The van der Waals surface area contributed by atoms with Crippen molar-refractivity contribution >= 4 is 33.9 Å². The quantitative estimate of drug-likeness (QED) is 0.169. The zero-order chi connectivity index (χ0) is 39.7. The summed E-state index contributed by atoms with van der Waals surface area (Å²) in [5.74, 6) is 1.39. The molecule has 0 fully saturated rings. The molecule has 0 bridgehead atoms. The highest BCUT2D eigenvalue weighted by Crippen LogP contribution is 2.61. The van der Waals surface area contributed by atoms with Gasteiger partial charge in [-0.3, -0.25) is 0 Å². The van der Waals surface area contributed by atoms with Crippen molar-refractivity contribution < 1.29 is 18.6 Å². The highest BCUT2D eigenvalue weighted by Gasteiger charge is 2.43. The van der Waals surface area contributed by atoms with E-state index in [-0.39, 0.29) is 11.8 Å². The van der Waals surface area contributed by atoms with Gasteiger partial charge in [-0.15, -0.1) is 0 Å². The number of benzene rings is 4. The van der Waals surface area contributed by atoms with Gasteiger partial charge < -0.3 is 19.3 Å². The summed E-state index contributed by atoms with van der Waals surface area (Å²) in [6, 6.07) is 31.1. The minimum atomic E-state index is -0.132. The molecule has 4 aromatic rings. The number of allylic oxidation sites excluding steroid dienone is 12. The molecule has 7 rings (SSSR count). The van der Waals surface area contributed by atoms with Gasteiger partial charge in [0.25, 0.3) is 0 Å². The molecule has 0 N–H and O–H groups in total. The second-order valence-corrected chi connectivity index (χ2v) is 15.4. The molecule has 0 radical (unpaired) electrons. The van der Waals surface area contributed by atoms with Crippen LogP contribution >= 0.6 is 0 Å². The van der Waals surface area contributed by atoms with Crippen LogP contribution in [0.25, 0.3) is 22.3 Å². The standard InChI is InChI=1S/C50H54N4O2/c1-51(2)37-25-17-33(18-26-37)45(34-19-27-38(28-20-34)52(3)4)49-41-13-11-15-43(55-9)47(41)48-42(14-12-16-44(48)56-10)50(49)46(35-21-29-39(30-22-35)53(5)6)36-23-31-40(32-24-36)54(7)8/h11-32,49-50H,1-10H3/q+2. The molecule has 6 nitrogen and oxygen atoms in total. The van der Waals surface area contributed by atoms with Crippen molar-refractivity contribution in [1.82, 2.24) is 0 Å². The van der Waals surface area contributed by atoms with Crippen LogP contribution in [0, 0.1) is 0 Å². The molecule has 56 heavy (non-hydrogen) atoms. The van der Waals surface area contributed by atoms with Crippen LogP contribution in [-0.4, -0.2) is 91.2 Å². The van der Waals surface area contributed by atoms with Crippen molar-refractivity contribution in [2.24, 2.45) is 0 Å². The Morgan fingerprint density at radius 3 is 1.09 bits per heavy atom. The Kier molecular flexibility index (Phi) is 10.8. The number of fused-ring (bicyclic) bond motifs is 3. The van der Waals surface area contributed by atoms with E-state index in [1.807, 2.05) is 0 Å². The van der Waals surface area contributed by atoms with Crippen LogP contribution < -0.4 is 19.3 Å². The van der Waals surface area contributed by atoms with E-state index in [0.717, 1.165) is 45.4 Å². The minimum absolute atomic E-state index is 0.132. The number of hydrogen-bond donors (Lipinski definition) is 0. The lowest BCUT2D eigenvalue weighted by molar-refractivity contribution is -0.462. The van der Waals surface area contributed by atoms with Crippen LogP contribution in [0.15, 0.2) is 145 Å². The molecule has 0 heterocycles. The lowest BCUT2D eigenvalue weighted by atomic mass is 9.62. The normalized spacial score (nSPS) is 16.7. The van der Waals surface area contributed by atoms with E-state index in [4.69, 9.17) is 9.47 Å². The Hall–Kier alpha value is -6.14. The Balaban J connectivity index is 1.64. The molecule has 3 aliphatic rings. The largest absolute Gasteiger partial charge is 0.496 e. The van der Waals surface area contributed by atoms with E-state index in [0.29, 0.717) is 0 Å². The Labute approximate surface area is 333 Å². The monoisotopic (exact) mass is 742 g/mol. The second-order valence-electron chi connectivity index (χ2n) is 15.4. The van der Waals surface area contributed by atoms with Crippen molar-refractivity contribution in [3.05, 3.63) is 167 Å². The van der Waals surface area contributed by atoms with Gasteiger partial charge in [-0.2, -0.15) is 0 Å². The molecule has 4 aromatic carbocycles. The van der Waals surface area contributed by atoms with Gasteiger partial charge in [0, 0.05) is 86.8 Å². The van der Waals surface area contributed by atoms with Gasteiger partial charge in [0.05, 0.1) is 14.2 Å². The predicted octanol–water partition coefficient (Wildman–Crippen LogP) is 9.27. The van der Waals surface area contributed by atoms with Crippen LogP contribution in [0.5, 0.6) is 11.5 Å². The van der Waals surface area contributed by atoms with Crippen LogP contribution in [0.3, 0.4) is 0 Å². The zero-order valence-corrected chi connectivity index (χ0v) is 34.5. The first-order valence-electron chi connectivity index (χ1n) is 19.2. The summed E-state index contributed by atoms with van der Waals surface area (Å²) in [6.07, 6.45) is 18.1. The molecular weight excluding hydrogens is 689 g/mol. The van der Waals surface area contributed by atoms with Crippen molar-refractivity contribution in [3.8, 4) is 22.6 Å². The zero-order valence-electron chi connectivity index (χ0n) is 34.5. The van der Waals surface area contributed by atoms with Gasteiger partial charge >= 0.3 is 0 Å². The third kappa shape index (κ3) is 7.08. The smallest absolute Gasteiger partial charge is 0.199 e. The van der Waals surface area contributed by atoms with Gasteiger partial charge in [-0.1, -0.05) is 48.5 Å². The van der Waals surface area contributed by atoms with Crippen LogP contribution in [0.2, 0.25) is 0 Å². The molecular formula is C50H54N4O2+2. The highest BCUT2D eigenvalue weighted by molar-refractivity contribution is 6.05. The first kappa shape index (κ1) is 38.1. The van der Waals surface area contributed by atoms with Crippen molar-refractivity contribution in [2.45, 2.75) is 11.8 Å². The lowest BCUT2D eigenvalue weighted by Gasteiger charge is -2.41. The molecule has 0 amide bonds. The Morgan fingerprint density at radius 1 is 0.464 bits per heavy atom. The van der Waals surface area contributed by atoms with E-state index in [1.54, 1.807) is 14.2 Å². The highest BCUT2D eigenvalue weighted by atomic mass is 16.5. The van der Waals surface area contributed by atoms with Gasteiger partial charge in [0.2, 0.25) is 0 Å². The minimum Gasteiger partial charge on any atom is -0.496 e. The molecule has 6 heteroatoms. The third-order valence-electron chi connectivity index (χ3n) is 11.2. The molecule has 284 valence electrons. The predicted molar refractivity (Wildman–Crippen MR) is 237 cm³/mol. The molecule has 0 spiro atoms. The first-order chi connectivity index (χ1) is 27.0. The number of nitrogens with zero attached hydrogens (tertiary/aromatic N) is 4. The number of hydrogen-bond acceptors (Lipinski definition) is 4. The van der Waals surface area contributed by atoms with Crippen molar-refractivity contribution in [3.63, 3.8) is 0 Å². The van der Waals surface area contributed by atoms with E-state index < -0.39 is 0 Å². The summed E-state index contributed by atoms with van der Waals surface area (Å²) in [5.41, 5.74) is 16.4. The van der Waals surface area contributed by atoms with Crippen molar-refractivity contribution in [2.75, 3.05) is 80.4 Å². The lowest BCUT2D eigenvalue weighted by Crippen LogP contribution is -2.23. The Morgan fingerprint density at radius 2 is 0.804 bits per heavy atom.